The van der Waals surface area contributed by atoms with Crippen molar-refractivity contribution in [3.63, 3.8) is 0 Å². The van der Waals surface area contributed by atoms with Crippen molar-refractivity contribution in [2.75, 3.05) is 0 Å². The third-order valence-electron chi connectivity index (χ3n) is 5.89. The van der Waals surface area contributed by atoms with Crippen LogP contribution in [-0.2, 0) is 0 Å². The lowest BCUT2D eigenvalue weighted by atomic mass is 9.83. The molecular weight excluding hydrogens is 304 g/mol. The van der Waals surface area contributed by atoms with Gasteiger partial charge in [-0.3, -0.25) is 0 Å². The molecule has 0 aliphatic rings. The summed E-state index contributed by atoms with van der Waals surface area (Å²) in [6.45, 7) is 0. The monoisotopic (exact) mass is 318 g/mol. The van der Waals surface area contributed by atoms with Crippen LogP contribution in [0.25, 0.3) is 64.6 Å². The summed E-state index contributed by atoms with van der Waals surface area (Å²) in [4.78, 5) is 0. The Balaban J connectivity index is 0.00000129. The summed E-state index contributed by atoms with van der Waals surface area (Å²) < 4.78 is 0. The summed E-state index contributed by atoms with van der Waals surface area (Å²) in [5, 5.41) is 16.7. The van der Waals surface area contributed by atoms with Crippen LogP contribution in [0.1, 0.15) is 0 Å². The first-order valence-electron chi connectivity index (χ1n) is 8.46. The van der Waals surface area contributed by atoms with Crippen molar-refractivity contribution < 1.29 is 5.48 Å². The van der Waals surface area contributed by atoms with Crippen molar-refractivity contribution >= 4 is 64.6 Å². The lowest BCUT2D eigenvalue weighted by Gasteiger charge is -2.20. The molecule has 2 N–H and O–H groups in total. The Morgan fingerprint density at radius 1 is 0.240 bits per heavy atom. The van der Waals surface area contributed by atoms with Crippen LogP contribution in [0.5, 0.6) is 0 Å². The molecule has 0 aliphatic heterocycles. The van der Waals surface area contributed by atoms with E-state index in [-0.39, 0.29) is 5.48 Å². The van der Waals surface area contributed by atoms with E-state index in [0.717, 1.165) is 0 Å². The second kappa shape index (κ2) is 4.08. The van der Waals surface area contributed by atoms with Gasteiger partial charge in [-0.1, -0.05) is 72.8 Å². The zero-order valence-corrected chi connectivity index (χ0v) is 13.4. The van der Waals surface area contributed by atoms with Crippen molar-refractivity contribution in [1.82, 2.24) is 0 Å². The lowest BCUT2D eigenvalue weighted by molar-refractivity contribution is 0.824. The molecule has 116 valence electrons. The van der Waals surface area contributed by atoms with Crippen molar-refractivity contribution in [1.29, 1.82) is 0 Å². The van der Waals surface area contributed by atoms with E-state index < -0.39 is 0 Å². The fourth-order valence-corrected chi connectivity index (χ4v) is 4.89. The van der Waals surface area contributed by atoms with E-state index in [1.807, 2.05) is 0 Å². The van der Waals surface area contributed by atoms with E-state index >= 15 is 0 Å². The summed E-state index contributed by atoms with van der Waals surface area (Å²) in [5.41, 5.74) is 0. The molecule has 7 rings (SSSR count). The minimum Gasteiger partial charge on any atom is -0.412 e. The molecule has 1 nitrogen and oxygen atoms in total. The largest absolute Gasteiger partial charge is 0.412 e. The zero-order chi connectivity index (χ0) is 15.4. The summed E-state index contributed by atoms with van der Waals surface area (Å²) in [7, 11) is 0. The van der Waals surface area contributed by atoms with Crippen molar-refractivity contribution in [3.05, 3.63) is 72.8 Å². The standard InChI is InChI=1S/C24H12.H2O/c1-2-14-5-6-16-9-11-18-12-10-17-8-7-15-4-3-13(1)19-20(14)22(16)24(18)23(17)21(15)19;/h1-12H;1H2. The van der Waals surface area contributed by atoms with E-state index in [2.05, 4.69) is 72.8 Å². The SMILES string of the molecule is O.c1cc2ccc3ccc4ccc5ccc6ccc1c1c2c3c4c5c61. The van der Waals surface area contributed by atoms with Gasteiger partial charge in [-0.05, 0) is 64.6 Å². The van der Waals surface area contributed by atoms with Crippen LogP contribution < -0.4 is 0 Å². The number of hydrogen-bond acceptors (Lipinski definition) is 0. The van der Waals surface area contributed by atoms with Crippen LogP contribution >= 0.6 is 0 Å². The minimum absolute atomic E-state index is 0. The highest BCUT2D eigenvalue weighted by Crippen LogP contribution is 2.47. The van der Waals surface area contributed by atoms with Crippen LogP contribution in [0.4, 0.5) is 0 Å². The van der Waals surface area contributed by atoms with Crippen LogP contribution in [0.15, 0.2) is 72.8 Å². The van der Waals surface area contributed by atoms with E-state index in [0.29, 0.717) is 0 Å². The number of benzene rings is 7. The van der Waals surface area contributed by atoms with Crippen LogP contribution in [0.2, 0.25) is 0 Å². The Bertz CT molecular complexity index is 1150. The van der Waals surface area contributed by atoms with Crippen molar-refractivity contribution in [2.24, 2.45) is 0 Å². The molecule has 0 fully saturated rings. The molecule has 25 heavy (non-hydrogen) atoms. The van der Waals surface area contributed by atoms with Crippen LogP contribution in [0, 0.1) is 0 Å². The quantitative estimate of drug-likeness (QED) is 0.239. The summed E-state index contributed by atoms with van der Waals surface area (Å²) in [6, 6.07) is 27.3. The summed E-state index contributed by atoms with van der Waals surface area (Å²) >= 11 is 0. The average molecular weight is 318 g/mol. The Kier molecular flexibility index (Phi) is 2.15. The van der Waals surface area contributed by atoms with Crippen molar-refractivity contribution in [3.8, 4) is 0 Å². The molecule has 0 unspecified atom stereocenters. The molecule has 0 bridgehead atoms. The molecule has 0 radical (unpaired) electrons. The van der Waals surface area contributed by atoms with Gasteiger partial charge >= 0.3 is 0 Å². The number of hydrogen-bond donors (Lipinski definition) is 0. The molecule has 0 aromatic heterocycles. The second-order valence-corrected chi connectivity index (χ2v) is 6.98. The third kappa shape index (κ3) is 1.32. The second-order valence-electron chi connectivity index (χ2n) is 6.98. The maximum absolute atomic E-state index is 2.27. The molecule has 0 saturated carbocycles. The smallest absolute Gasteiger partial charge is 0.00139 e. The first kappa shape index (κ1) is 13.2. The maximum Gasteiger partial charge on any atom is -0.00139 e. The van der Waals surface area contributed by atoms with Crippen molar-refractivity contribution in [2.45, 2.75) is 0 Å². The highest BCUT2D eigenvalue weighted by atomic mass is 16.0. The minimum atomic E-state index is 0. The van der Waals surface area contributed by atoms with Gasteiger partial charge in [-0.25, -0.2) is 0 Å². The topological polar surface area (TPSA) is 31.5 Å². The molecule has 1 heteroatoms. The molecule has 0 saturated heterocycles. The highest BCUT2D eigenvalue weighted by molar-refractivity contribution is 6.44. The Hall–Kier alpha value is -3.16. The molecule has 0 heterocycles. The molecular formula is C24H14O. The first-order valence-corrected chi connectivity index (χ1v) is 8.46. The lowest BCUT2D eigenvalue weighted by Crippen LogP contribution is -1.91. The van der Waals surface area contributed by atoms with Gasteiger partial charge in [0.05, 0.1) is 0 Å². The molecule has 7 aromatic rings. The van der Waals surface area contributed by atoms with Gasteiger partial charge in [0, 0.05) is 0 Å². The van der Waals surface area contributed by atoms with Gasteiger partial charge < -0.3 is 5.48 Å². The van der Waals surface area contributed by atoms with E-state index in [1.165, 1.54) is 64.6 Å². The Labute approximate surface area is 143 Å². The average Bonchev–Trinajstić information content (AvgIpc) is 2.65. The highest BCUT2D eigenvalue weighted by Gasteiger charge is 2.19. The molecule has 7 aromatic carbocycles. The van der Waals surface area contributed by atoms with E-state index in [9.17, 15) is 0 Å². The van der Waals surface area contributed by atoms with Gasteiger partial charge in [0.1, 0.15) is 0 Å². The predicted molar refractivity (Wildman–Crippen MR) is 109 cm³/mol. The normalized spacial score (nSPS) is 12.5. The van der Waals surface area contributed by atoms with Gasteiger partial charge in [0.25, 0.3) is 0 Å². The van der Waals surface area contributed by atoms with Gasteiger partial charge in [-0.15, -0.1) is 0 Å². The summed E-state index contributed by atoms with van der Waals surface area (Å²) in [5.74, 6) is 0. The molecule has 0 amide bonds. The van der Waals surface area contributed by atoms with Crippen LogP contribution in [-0.4, -0.2) is 5.48 Å². The van der Waals surface area contributed by atoms with Gasteiger partial charge in [-0.2, -0.15) is 0 Å². The predicted octanol–water partition coefficient (Wildman–Crippen LogP) is 6.09. The molecule has 0 aliphatic carbocycles. The Morgan fingerprint density at radius 3 is 0.480 bits per heavy atom. The third-order valence-corrected chi connectivity index (χ3v) is 5.89. The van der Waals surface area contributed by atoms with Gasteiger partial charge in [0.2, 0.25) is 0 Å². The summed E-state index contributed by atoms with van der Waals surface area (Å²) in [6.07, 6.45) is 0. The Morgan fingerprint density at radius 2 is 0.360 bits per heavy atom. The maximum atomic E-state index is 2.27. The fraction of sp³-hybridized carbons (Fsp3) is 0. The first-order chi connectivity index (χ1) is 11.9. The van der Waals surface area contributed by atoms with E-state index in [1.54, 1.807) is 0 Å². The van der Waals surface area contributed by atoms with Crippen LogP contribution in [0.3, 0.4) is 0 Å². The molecule has 0 spiro atoms. The zero-order valence-electron chi connectivity index (χ0n) is 13.4. The molecule has 0 atom stereocenters. The number of rotatable bonds is 0. The van der Waals surface area contributed by atoms with Gasteiger partial charge in [0.15, 0.2) is 0 Å². The fourth-order valence-electron chi connectivity index (χ4n) is 4.89. The van der Waals surface area contributed by atoms with E-state index in [4.69, 9.17) is 0 Å².